The fourth-order valence-electron chi connectivity index (χ4n) is 1.71. The minimum Gasteiger partial charge on any atom is -0.488 e. The molecule has 0 spiro atoms. The number of carboxylic acids is 1. The lowest BCUT2D eigenvalue weighted by atomic mass is 10.2. The van der Waals surface area contributed by atoms with Crippen molar-refractivity contribution in [1.82, 2.24) is 0 Å². The van der Waals surface area contributed by atoms with Crippen molar-refractivity contribution in [2.75, 3.05) is 0 Å². The Morgan fingerprint density at radius 1 is 1.29 bits per heavy atom. The first-order valence-electron chi connectivity index (χ1n) is 6.13. The molecule has 0 heterocycles. The van der Waals surface area contributed by atoms with Gasteiger partial charge in [0.2, 0.25) is 0 Å². The normalized spacial score (nSPS) is 10.8. The highest BCUT2D eigenvalue weighted by Crippen LogP contribution is 2.26. The maximum absolute atomic E-state index is 10.6. The van der Waals surface area contributed by atoms with Gasteiger partial charge in [-0.15, -0.1) is 0 Å². The number of ether oxygens (including phenoxy) is 1. The molecule has 0 aliphatic rings. The SMILES string of the molecule is O=C(O)/C=C\c1cc(Br)ccc1OCc1ccccc1Cl. The molecular weight excluding hydrogens is 356 g/mol. The number of carboxylic acid groups (broad SMARTS) is 1. The van der Waals surface area contributed by atoms with Gasteiger partial charge >= 0.3 is 5.97 Å². The molecule has 0 amide bonds. The second kappa shape index (κ2) is 7.29. The van der Waals surface area contributed by atoms with Crippen LogP contribution in [0.3, 0.4) is 0 Å². The van der Waals surface area contributed by atoms with E-state index in [1.54, 1.807) is 18.2 Å². The van der Waals surface area contributed by atoms with E-state index in [2.05, 4.69) is 15.9 Å². The van der Waals surface area contributed by atoms with Crippen LogP contribution in [-0.2, 0) is 11.4 Å². The van der Waals surface area contributed by atoms with Crippen LogP contribution in [0.5, 0.6) is 5.75 Å². The molecule has 2 aromatic carbocycles. The molecule has 0 aliphatic heterocycles. The molecule has 21 heavy (non-hydrogen) atoms. The van der Waals surface area contributed by atoms with E-state index in [4.69, 9.17) is 21.4 Å². The smallest absolute Gasteiger partial charge is 0.328 e. The van der Waals surface area contributed by atoms with Crippen molar-refractivity contribution in [3.8, 4) is 5.75 Å². The summed E-state index contributed by atoms with van der Waals surface area (Å²) in [5.41, 5.74) is 1.55. The van der Waals surface area contributed by atoms with Gasteiger partial charge in [0.15, 0.2) is 0 Å². The number of aliphatic carboxylic acids is 1. The first-order chi connectivity index (χ1) is 10.1. The molecule has 2 aromatic rings. The lowest BCUT2D eigenvalue weighted by Crippen LogP contribution is -1.98. The van der Waals surface area contributed by atoms with Crippen LogP contribution in [0.2, 0.25) is 5.02 Å². The fourth-order valence-corrected chi connectivity index (χ4v) is 2.28. The summed E-state index contributed by atoms with van der Waals surface area (Å²) >= 11 is 9.43. The van der Waals surface area contributed by atoms with Gasteiger partial charge in [0.25, 0.3) is 0 Å². The van der Waals surface area contributed by atoms with E-state index in [0.29, 0.717) is 22.9 Å². The molecule has 3 nitrogen and oxygen atoms in total. The monoisotopic (exact) mass is 366 g/mol. The highest BCUT2D eigenvalue weighted by atomic mass is 79.9. The van der Waals surface area contributed by atoms with Crippen molar-refractivity contribution in [2.45, 2.75) is 6.61 Å². The largest absolute Gasteiger partial charge is 0.488 e. The number of halogens is 2. The quantitative estimate of drug-likeness (QED) is 0.774. The average Bonchev–Trinajstić information content (AvgIpc) is 2.45. The third-order valence-electron chi connectivity index (χ3n) is 2.72. The molecule has 0 fully saturated rings. The van der Waals surface area contributed by atoms with Gasteiger partial charge < -0.3 is 9.84 Å². The van der Waals surface area contributed by atoms with Crippen LogP contribution < -0.4 is 4.74 Å². The van der Waals surface area contributed by atoms with Crippen molar-refractivity contribution in [1.29, 1.82) is 0 Å². The highest BCUT2D eigenvalue weighted by Gasteiger charge is 2.05. The van der Waals surface area contributed by atoms with Gasteiger partial charge in [-0.05, 0) is 30.3 Å². The topological polar surface area (TPSA) is 46.5 Å². The molecule has 0 saturated carbocycles. The first-order valence-corrected chi connectivity index (χ1v) is 7.30. The second-order valence-electron chi connectivity index (χ2n) is 4.23. The fraction of sp³-hybridized carbons (Fsp3) is 0.0625. The molecule has 2 rings (SSSR count). The second-order valence-corrected chi connectivity index (χ2v) is 5.56. The van der Waals surface area contributed by atoms with Gasteiger partial charge in [-0.25, -0.2) is 4.79 Å². The predicted octanol–water partition coefficient (Wildman–Crippen LogP) is 4.78. The Bertz CT molecular complexity index is 683. The Kier molecular flexibility index (Phi) is 5.42. The van der Waals surface area contributed by atoms with Crippen molar-refractivity contribution >= 4 is 39.6 Å². The molecular formula is C16H12BrClO3. The average molecular weight is 368 g/mol. The maximum atomic E-state index is 10.6. The number of benzene rings is 2. The lowest BCUT2D eigenvalue weighted by molar-refractivity contribution is -0.131. The molecule has 0 aliphatic carbocycles. The highest BCUT2D eigenvalue weighted by molar-refractivity contribution is 9.10. The molecule has 0 radical (unpaired) electrons. The van der Waals surface area contributed by atoms with Gasteiger partial charge in [0.1, 0.15) is 12.4 Å². The zero-order chi connectivity index (χ0) is 15.2. The van der Waals surface area contributed by atoms with E-state index in [1.807, 2.05) is 24.3 Å². The summed E-state index contributed by atoms with van der Waals surface area (Å²) < 4.78 is 6.59. The summed E-state index contributed by atoms with van der Waals surface area (Å²) in [4.78, 5) is 10.6. The Morgan fingerprint density at radius 3 is 2.76 bits per heavy atom. The van der Waals surface area contributed by atoms with Crippen molar-refractivity contribution < 1.29 is 14.6 Å². The van der Waals surface area contributed by atoms with Crippen LogP contribution in [0.1, 0.15) is 11.1 Å². The van der Waals surface area contributed by atoms with E-state index in [0.717, 1.165) is 16.1 Å². The maximum Gasteiger partial charge on any atom is 0.328 e. The standard InChI is InChI=1S/C16H12BrClO3/c17-13-6-7-15(11(9-13)5-8-16(19)20)21-10-12-3-1-2-4-14(12)18/h1-9H,10H2,(H,19,20)/b8-5-. The zero-order valence-electron chi connectivity index (χ0n) is 10.9. The Hall–Kier alpha value is -1.78. The zero-order valence-corrected chi connectivity index (χ0v) is 13.3. The van der Waals surface area contributed by atoms with Gasteiger partial charge in [-0.2, -0.15) is 0 Å². The Balaban J connectivity index is 2.20. The van der Waals surface area contributed by atoms with E-state index in [1.165, 1.54) is 6.08 Å². The molecule has 0 atom stereocenters. The van der Waals surface area contributed by atoms with E-state index < -0.39 is 5.97 Å². The minimum atomic E-state index is -1.01. The third kappa shape index (κ3) is 4.62. The Morgan fingerprint density at radius 2 is 2.05 bits per heavy atom. The summed E-state index contributed by atoms with van der Waals surface area (Å²) in [6.07, 6.45) is 2.57. The molecule has 108 valence electrons. The van der Waals surface area contributed by atoms with E-state index in [9.17, 15) is 4.79 Å². The van der Waals surface area contributed by atoms with Crippen LogP contribution in [0.4, 0.5) is 0 Å². The molecule has 0 bridgehead atoms. The summed E-state index contributed by atoms with van der Waals surface area (Å²) in [5.74, 6) is -0.414. The van der Waals surface area contributed by atoms with Gasteiger partial charge in [0, 0.05) is 26.7 Å². The summed E-state index contributed by atoms with van der Waals surface area (Å²) in [5, 5.41) is 9.36. The number of rotatable bonds is 5. The predicted molar refractivity (Wildman–Crippen MR) is 86.6 cm³/mol. The van der Waals surface area contributed by atoms with E-state index >= 15 is 0 Å². The van der Waals surface area contributed by atoms with Gasteiger partial charge in [0.05, 0.1) is 0 Å². The summed E-state index contributed by atoms with van der Waals surface area (Å²) in [6, 6.07) is 12.8. The molecule has 0 unspecified atom stereocenters. The van der Waals surface area contributed by atoms with E-state index in [-0.39, 0.29) is 0 Å². The van der Waals surface area contributed by atoms with Crippen LogP contribution >= 0.6 is 27.5 Å². The van der Waals surface area contributed by atoms with Crippen molar-refractivity contribution in [2.24, 2.45) is 0 Å². The summed E-state index contributed by atoms with van der Waals surface area (Å²) in [6.45, 7) is 0.315. The van der Waals surface area contributed by atoms with Crippen molar-refractivity contribution in [3.63, 3.8) is 0 Å². The van der Waals surface area contributed by atoms with Crippen molar-refractivity contribution in [3.05, 3.63) is 69.2 Å². The number of carbonyl (C=O) groups is 1. The molecule has 0 saturated heterocycles. The van der Waals surface area contributed by atoms with Gasteiger partial charge in [-0.1, -0.05) is 45.7 Å². The third-order valence-corrected chi connectivity index (χ3v) is 3.58. The minimum absolute atomic E-state index is 0.315. The Labute approximate surface area is 135 Å². The molecule has 0 aromatic heterocycles. The lowest BCUT2D eigenvalue weighted by Gasteiger charge is -2.10. The van der Waals surface area contributed by atoms with Gasteiger partial charge in [-0.3, -0.25) is 0 Å². The molecule has 1 N–H and O–H groups in total. The van der Waals surface area contributed by atoms with Crippen LogP contribution in [0.25, 0.3) is 6.08 Å². The number of hydrogen-bond donors (Lipinski definition) is 1. The molecule has 5 heteroatoms. The number of hydrogen-bond acceptors (Lipinski definition) is 2. The van der Waals surface area contributed by atoms with Crippen LogP contribution in [-0.4, -0.2) is 11.1 Å². The van der Waals surface area contributed by atoms with Crippen LogP contribution in [0, 0.1) is 0 Å². The first kappa shape index (κ1) is 15.6. The van der Waals surface area contributed by atoms with Crippen LogP contribution in [0.15, 0.2) is 53.0 Å². The summed E-state index contributed by atoms with van der Waals surface area (Å²) in [7, 11) is 0.